The normalized spacial score (nSPS) is 21.4. The minimum Gasteiger partial charge on any atom is -0.331 e. The molecule has 5 nitrogen and oxygen atoms in total. The second-order valence-electron chi connectivity index (χ2n) is 2.04. The van der Waals surface area contributed by atoms with Gasteiger partial charge < -0.3 is 5.32 Å². The van der Waals surface area contributed by atoms with Gasteiger partial charge in [-0.05, 0) is 6.08 Å². The molecule has 1 N–H and O–H groups in total. The summed E-state index contributed by atoms with van der Waals surface area (Å²) in [7, 11) is -2.51. The lowest BCUT2D eigenvalue weighted by Crippen LogP contribution is -2.35. The molecule has 0 radical (unpaired) electrons. The molecular formula is C6H4N2O3S. The topological polar surface area (TPSA) is 87.0 Å². The molecule has 1 rings (SSSR count). The Hall–Kier alpha value is -1.61. The molecule has 1 unspecified atom stereocenters. The first-order chi connectivity index (χ1) is 5.66. The van der Waals surface area contributed by atoms with Crippen LogP contribution in [-0.4, -0.2) is 19.2 Å². The van der Waals surface area contributed by atoms with Crippen LogP contribution < -0.4 is 5.32 Å². The van der Waals surface area contributed by atoms with Crippen molar-refractivity contribution in [3.05, 3.63) is 12.3 Å². The Balaban J connectivity index is 3.29. The summed E-state index contributed by atoms with van der Waals surface area (Å²) in [5.41, 5.74) is 0. The van der Waals surface area contributed by atoms with Crippen LogP contribution in [0.4, 0.5) is 0 Å². The number of hydrogen-bond acceptors (Lipinski definition) is 4. The van der Waals surface area contributed by atoms with Crippen LogP contribution in [0.15, 0.2) is 12.3 Å². The molecule has 1 heterocycles. The first kappa shape index (κ1) is 8.49. The number of hydrogen-bond donors (Lipinski definition) is 1. The van der Waals surface area contributed by atoms with Crippen LogP contribution in [0.3, 0.4) is 0 Å². The van der Waals surface area contributed by atoms with Crippen molar-refractivity contribution in [2.24, 2.45) is 5.92 Å². The minimum atomic E-state index is -2.51. The van der Waals surface area contributed by atoms with Gasteiger partial charge in [-0.1, -0.05) is 0 Å². The fraction of sp³-hybridized carbons (Fsp3) is 0.167. The Kier molecular flexibility index (Phi) is 2.26. The van der Waals surface area contributed by atoms with Gasteiger partial charge in [-0.2, -0.15) is 13.7 Å². The number of nitrogens with one attached hydrogen (secondary N) is 1. The van der Waals surface area contributed by atoms with Crippen molar-refractivity contribution in [1.29, 1.82) is 5.26 Å². The molecule has 0 aromatic carbocycles. The number of amides is 1. The van der Waals surface area contributed by atoms with E-state index in [4.69, 9.17) is 5.26 Å². The van der Waals surface area contributed by atoms with E-state index in [1.807, 2.05) is 0 Å². The van der Waals surface area contributed by atoms with E-state index < -0.39 is 22.1 Å². The molecule has 0 aromatic rings. The quantitative estimate of drug-likeness (QED) is 0.480. The summed E-state index contributed by atoms with van der Waals surface area (Å²) >= 11 is 0. The fourth-order valence-corrected chi connectivity index (χ4v) is 1.32. The highest BCUT2D eigenvalue weighted by atomic mass is 32.2. The number of nitrogens with zero attached hydrogens (tertiary/aromatic N) is 1. The van der Waals surface area contributed by atoms with E-state index in [9.17, 15) is 13.2 Å². The van der Waals surface area contributed by atoms with Crippen LogP contribution >= 0.6 is 0 Å². The zero-order valence-corrected chi connectivity index (χ0v) is 6.63. The van der Waals surface area contributed by atoms with Gasteiger partial charge in [-0.25, -0.2) is 0 Å². The van der Waals surface area contributed by atoms with Gasteiger partial charge in [0, 0.05) is 6.20 Å². The third kappa shape index (κ3) is 1.35. The molecule has 0 bridgehead atoms. The van der Waals surface area contributed by atoms with Gasteiger partial charge in [-0.15, -0.1) is 0 Å². The summed E-state index contributed by atoms with van der Waals surface area (Å²) in [5.74, 6) is -1.83. The average molecular weight is 184 g/mol. The van der Waals surface area contributed by atoms with Crippen LogP contribution in [0.1, 0.15) is 0 Å². The molecule has 0 saturated heterocycles. The van der Waals surface area contributed by atoms with E-state index in [1.165, 1.54) is 12.3 Å². The van der Waals surface area contributed by atoms with E-state index in [0.29, 0.717) is 0 Å². The summed E-state index contributed by atoms with van der Waals surface area (Å²) in [6.45, 7) is 0. The van der Waals surface area contributed by atoms with Crippen LogP contribution in [0.5, 0.6) is 0 Å². The van der Waals surface area contributed by atoms with Gasteiger partial charge in [0.15, 0.2) is 5.92 Å². The molecule has 1 amide bonds. The third-order valence-corrected chi connectivity index (χ3v) is 2.10. The molecule has 0 saturated carbocycles. The molecule has 0 aromatic heterocycles. The predicted octanol–water partition coefficient (Wildman–Crippen LogP) is -1.18. The SMILES string of the molecule is N#CC1C(=O)NC=CC1=S(=O)=O. The Morgan fingerprint density at radius 3 is 2.67 bits per heavy atom. The number of allylic oxidation sites excluding steroid dienone is 1. The molecule has 0 spiro atoms. The van der Waals surface area contributed by atoms with E-state index in [2.05, 4.69) is 5.32 Å². The third-order valence-electron chi connectivity index (χ3n) is 1.34. The molecular weight excluding hydrogens is 180 g/mol. The highest BCUT2D eigenvalue weighted by molar-refractivity contribution is 7.73. The predicted molar refractivity (Wildman–Crippen MR) is 40.3 cm³/mol. The molecule has 0 aliphatic carbocycles. The summed E-state index contributed by atoms with van der Waals surface area (Å²) in [4.78, 5) is 10.7. The monoisotopic (exact) mass is 184 g/mol. The number of carbonyl (C=O) groups is 1. The highest BCUT2D eigenvalue weighted by Crippen LogP contribution is 2.03. The zero-order valence-electron chi connectivity index (χ0n) is 5.81. The maximum absolute atomic E-state index is 10.9. The van der Waals surface area contributed by atoms with Gasteiger partial charge in [0.1, 0.15) is 4.86 Å². The average Bonchev–Trinajstić information content (AvgIpc) is 2.03. The zero-order chi connectivity index (χ0) is 9.14. The van der Waals surface area contributed by atoms with E-state index in [0.717, 1.165) is 0 Å². The van der Waals surface area contributed by atoms with Crippen molar-refractivity contribution in [2.75, 3.05) is 0 Å². The van der Waals surface area contributed by atoms with Crippen molar-refractivity contribution in [2.45, 2.75) is 0 Å². The van der Waals surface area contributed by atoms with Gasteiger partial charge in [0.2, 0.25) is 16.2 Å². The number of carbonyl (C=O) groups excluding carboxylic acids is 1. The number of rotatable bonds is 0. The highest BCUT2D eigenvalue weighted by Gasteiger charge is 2.25. The lowest BCUT2D eigenvalue weighted by atomic mass is 10.0. The summed E-state index contributed by atoms with van der Waals surface area (Å²) in [6.07, 6.45) is 2.39. The number of nitriles is 1. The van der Waals surface area contributed by atoms with Gasteiger partial charge in [0.05, 0.1) is 6.07 Å². The van der Waals surface area contributed by atoms with E-state index in [-0.39, 0.29) is 4.86 Å². The lowest BCUT2D eigenvalue weighted by Gasteiger charge is -2.09. The molecule has 1 aliphatic heterocycles. The van der Waals surface area contributed by atoms with Crippen molar-refractivity contribution >= 4 is 21.1 Å². The molecule has 1 atom stereocenters. The first-order valence-corrected chi connectivity index (χ1v) is 4.07. The summed E-state index contributed by atoms with van der Waals surface area (Å²) in [6, 6.07) is 1.59. The van der Waals surface area contributed by atoms with Crippen molar-refractivity contribution < 1.29 is 13.2 Å². The molecule has 1 aliphatic rings. The largest absolute Gasteiger partial charge is 0.331 e. The smallest absolute Gasteiger partial charge is 0.246 e. The second kappa shape index (κ2) is 3.19. The Bertz CT molecular complexity index is 405. The lowest BCUT2D eigenvalue weighted by molar-refractivity contribution is -0.120. The Morgan fingerprint density at radius 1 is 1.58 bits per heavy atom. The van der Waals surface area contributed by atoms with Crippen LogP contribution in [-0.2, 0) is 15.1 Å². The Morgan fingerprint density at radius 2 is 2.25 bits per heavy atom. The molecule has 12 heavy (non-hydrogen) atoms. The molecule has 62 valence electrons. The maximum atomic E-state index is 10.9. The standard InChI is InChI=1S/C6H4N2O3S/c7-3-4-5(12(10)11)1-2-8-6(4)9/h1-2,4H,(H,8,9). The minimum absolute atomic E-state index is 0.193. The van der Waals surface area contributed by atoms with Gasteiger partial charge >= 0.3 is 0 Å². The summed E-state index contributed by atoms with van der Waals surface area (Å²) < 4.78 is 20.9. The van der Waals surface area contributed by atoms with Crippen molar-refractivity contribution in [1.82, 2.24) is 5.32 Å². The maximum Gasteiger partial charge on any atom is 0.246 e. The van der Waals surface area contributed by atoms with Crippen molar-refractivity contribution in [3.63, 3.8) is 0 Å². The fourth-order valence-electron chi connectivity index (χ4n) is 0.789. The van der Waals surface area contributed by atoms with E-state index >= 15 is 0 Å². The molecule has 0 fully saturated rings. The second-order valence-corrected chi connectivity index (χ2v) is 2.98. The van der Waals surface area contributed by atoms with Crippen LogP contribution in [0, 0.1) is 17.2 Å². The Labute approximate surface area is 69.8 Å². The summed E-state index contributed by atoms with van der Waals surface area (Å²) in [5, 5.41) is 10.7. The van der Waals surface area contributed by atoms with Crippen molar-refractivity contribution in [3.8, 4) is 6.07 Å². The van der Waals surface area contributed by atoms with Gasteiger partial charge in [0.25, 0.3) is 0 Å². The first-order valence-electron chi connectivity index (χ1n) is 2.99. The van der Waals surface area contributed by atoms with E-state index in [1.54, 1.807) is 6.07 Å². The van der Waals surface area contributed by atoms with Gasteiger partial charge in [-0.3, -0.25) is 4.79 Å². The van der Waals surface area contributed by atoms with Crippen LogP contribution in [0.25, 0.3) is 0 Å². The van der Waals surface area contributed by atoms with Crippen LogP contribution in [0.2, 0.25) is 0 Å². The molecule has 6 heteroatoms.